The normalized spacial score (nSPS) is 10.1. The van der Waals surface area contributed by atoms with Crippen LogP contribution in [0, 0.1) is 12.3 Å². The third-order valence-electron chi connectivity index (χ3n) is 2.75. The molecule has 1 heterocycles. The zero-order valence-electron chi connectivity index (χ0n) is 11.7. The first kappa shape index (κ1) is 15.5. The van der Waals surface area contributed by atoms with Crippen molar-refractivity contribution in [3.63, 3.8) is 0 Å². The minimum atomic E-state index is -0.323. The van der Waals surface area contributed by atoms with E-state index in [0.29, 0.717) is 11.3 Å². The van der Waals surface area contributed by atoms with E-state index >= 15 is 0 Å². The van der Waals surface area contributed by atoms with Crippen LogP contribution in [0.4, 0.5) is 5.69 Å². The van der Waals surface area contributed by atoms with Gasteiger partial charge in [-0.3, -0.25) is 9.59 Å². The van der Waals surface area contributed by atoms with Crippen molar-refractivity contribution in [2.45, 2.75) is 0 Å². The highest BCUT2D eigenvalue weighted by Crippen LogP contribution is 2.15. The molecule has 5 heteroatoms. The molecule has 0 saturated carbocycles. The van der Waals surface area contributed by atoms with Crippen molar-refractivity contribution in [3.05, 3.63) is 58.3 Å². The molecule has 110 valence electrons. The Morgan fingerprint density at radius 2 is 2.09 bits per heavy atom. The van der Waals surface area contributed by atoms with Gasteiger partial charge in [0.1, 0.15) is 0 Å². The number of benzene rings is 1. The minimum Gasteiger partial charge on any atom is -0.341 e. The van der Waals surface area contributed by atoms with Crippen LogP contribution in [0.3, 0.4) is 0 Å². The standard InChI is InChI=1S/C17H14N2O2S/c1-2-10-18-17(21)14-5-3-4-6-15(14)19-16(20)8-7-13-9-11-22-12-13/h1,3-9,11-12H,10H2,(H,18,21)(H,19,20)/b8-7+. The van der Waals surface area contributed by atoms with Crippen molar-refractivity contribution in [2.75, 3.05) is 11.9 Å². The van der Waals surface area contributed by atoms with E-state index in [2.05, 4.69) is 16.6 Å². The van der Waals surface area contributed by atoms with Crippen LogP contribution in [0.1, 0.15) is 15.9 Å². The van der Waals surface area contributed by atoms with Gasteiger partial charge in [0.2, 0.25) is 5.91 Å². The molecule has 0 saturated heterocycles. The van der Waals surface area contributed by atoms with Gasteiger partial charge in [-0.25, -0.2) is 0 Å². The molecule has 1 aromatic heterocycles. The quantitative estimate of drug-likeness (QED) is 0.659. The Bertz CT molecular complexity index is 727. The molecule has 22 heavy (non-hydrogen) atoms. The fourth-order valence-electron chi connectivity index (χ4n) is 1.73. The molecule has 0 bridgehead atoms. The number of amides is 2. The third-order valence-corrected chi connectivity index (χ3v) is 3.45. The smallest absolute Gasteiger partial charge is 0.254 e. The molecule has 0 aliphatic rings. The summed E-state index contributed by atoms with van der Waals surface area (Å²) in [6, 6.07) is 8.68. The van der Waals surface area contributed by atoms with Crippen LogP contribution in [-0.2, 0) is 4.79 Å². The SMILES string of the molecule is C#CCNC(=O)c1ccccc1NC(=O)/C=C/c1ccsc1. The predicted octanol–water partition coefficient (Wildman–Crippen LogP) is 2.76. The monoisotopic (exact) mass is 310 g/mol. The lowest BCUT2D eigenvalue weighted by molar-refractivity contribution is -0.111. The summed E-state index contributed by atoms with van der Waals surface area (Å²) in [5.41, 5.74) is 1.77. The molecule has 2 amide bonds. The van der Waals surface area contributed by atoms with Crippen LogP contribution in [0.15, 0.2) is 47.2 Å². The second-order valence-electron chi connectivity index (χ2n) is 4.31. The molecule has 0 unspecified atom stereocenters. The van der Waals surface area contributed by atoms with Gasteiger partial charge in [-0.15, -0.1) is 6.42 Å². The summed E-state index contributed by atoms with van der Waals surface area (Å²) in [5, 5.41) is 9.14. The maximum Gasteiger partial charge on any atom is 0.254 e. The third kappa shape index (κ3) is 4.33. The van der Waals surface area contributed by atoms with Crippen LogP contribution >= 0.6 is 11.3 Å². The first-order chi connectivity index (χ1) is 10.7. The summed E-state index contributed by atoms with van der Waals surface area (Å²) < 4.78 is 0. The van der Waals surface area contributed by atoms with Crippen molar-refractivity contribution < 1.29 is 9.59 Å². The topological polar surface area (TPSA) is 58.2 Å². The van der Waals surface area contributed by atoms with Gasteiger partial charge in [0.15, 0.2) is 0 Å². The van der Waals surface area contributed by atoms with E-state index in [1.807, 2.05) is 16.8 Å². The zero-order chi connectivity index (χ0) is 15.8. The summed E-state index contributed by atoms with van der Waals surface area (Å²) in [6.07, 6.45) is 8.26. The van der Waals surface area contributed by atoms with Gasteiger partial charge in [-0.2, -0.15) is 11.3 Å². The van der Waals surface area contributed by atoms with Crippen molar-refractivity contribution in [3.8, 4) is 12.3 Å². The number of anilines is 1. The van der Waals surface area contributed by atoms with Crippen LogP contribution in [0.2, 0.25) is 0 Å². The first-order valence-electron chi connectivity index (χ1n) is 6.52. The summed E-state index contributed by atoms with van der Waals surface area (Å²) >= 11 is 1.56. The van der Waals surface area contributed by atoms with Gasteiger partial charge < -0.3 is 10.6 Å². The highest BCUT2D eigenvalue weighted by atomic mass is 32.1. The van der Waals surface area contributed by atoms with E-state index in [9.17, 15) is 9.59 Å². The molecular formula is C17H14N2O2S. The molecule has 0 aliphatic heterocycles. The number of carbonyl (C=O) groups is 2. The van der Waals surface area contributed by atoms with E-state index in [4.69, 9.17) is 6.42 Å². The van der Waals surface area contributed by atoms with Gasteiger partial charge in [0.05, 0.1) is 17.8 Å². The summed E-state index contributed by atoms with van der Waals surface area (Å²) in [4.78, 5) is 23.9. The number of hydrogen-bond acceptors (Lipinski definition) is 3. The van der Waals surface area contributed by atoms with Gasteiger partial charge in [0, 0.05) is 6.08 Å². The number of carbonyl (C=O) groups excluding carboxylic acids is 2. The highest BCUT2D eigenvalue weighted by molar-refractivity contribution is 7.08. The number of para-hydroxylation sites is 1. The molecule has 0 spiro atoms. The van der Waals surface area contributed by atoms with Crippen LogP contribution in [0.25, 0.3) is 6.08 Å². The Kier molecular flexibility index (Phi) is 5.52. The average molecular weight is 310 g/mol. The van der Waals surface area contributed by atoms with Gasteiger partial charge in [-0.1, -0.05) is 18.1 Å². The Labute approximate surface area is 132 Å². The van der Waals surface area contributed by atoms with Crippen LogP contribution < -0.4 is 10.6 Å². The Balaban J connectivity index is 2.08. The van der Waals surface area contributed by atoms with Crippen molar-refractivity contribution >= 4 is 34.9 Å². The lowest BCUT2D eigenvalue weighted by atomic mass is 10.1. The van der Waals surface area contributed by atoms with Crippen LogP contribution in [0.5, 0.6) is 0 Å². The van der Waals surface area contributed by atoms with Crippen molar-refractivity contribution in [2.24, 2.45) is 0 Å². The van der Waals surface area contributed by atoms with Gasteiger partial charge in [-0.05, 0) is 40.6 Å². The predicted molar refractivity (Wildman–Crippen MR) is 89.6 cm³/mol. The molecular weight excluding hydrogens is 296 g/mol. The largest absolute Gasteiger partial charge is 0.341 e. The molecule has 2 N–H and O–H groups in total. The van der Waals surface area contributed by atoms with E-state index in [1.54, 1.807) is 41.7 Å². The Morgan fingerprint density at radius 1 is 1.27 bits per heavy atom. The number of nitrogens with one attached hydrogen (secondary N) is 2. The number of thiophene rings is 1. The molecule has 0 atom stereocenters. The second kappa shape index (κ2) is 7.81. The van der Waals surface area contributed by atoms with E-state index < -0.39 is 0 Å². The molecule has 1 aromatic carbocycles. The molecule has 4 nitrogen and oxygen atoms in total. The number of terminal acetylenes is 1. The zero-order valence-corrected chi connectivity index (χ0v) is 12.5. The second-order valence-corrected chi connectivity index (χ2v) is 5.09. The molecule has 2 aromatic rings. The molecule has 2 rings (SSSR count). The van der Waals surface area contributed by atoms with E-state index in [1.165, 1.54) is 6.08 Å². The maximum atomic E-state index is 12.0. The minimum absolute atomic E-state index is 0.138. The van der Waals surface area contributed by atoms with Crippen LogP contribution in [-0.4, -0.2) is 18.4 Å². The first-order valence-corrected chi connectivity index (χ1v) is 7.47. The number of rotatable bonds is 5. The fourth-order valence-corrected chi connectivity index (χ4v) is 2.36. The summed E-state index contributed by atoms with van der Waals surface area (Å²) in [6.45, 7) is 0.138. The van der Waals surface area contributed by atoms with Crippen molar-refractivity contribution in [1.82, 2.24) is 5.32 Å². The summed E-state index contributed by atoms with van der Waals surface area (Å²) in [5.74, 6) is 1.71. The Hall–Kier alpha value is -2.84. The molecule has 0 fully saturated rings. The lowest BCUT2D eigenvalue weighted by Gasteiger charge is -2.09. The van der Waals surface area contributed by atoms with E-state index in [-0.39, 0.29) is 18.4 Å². The fraction of sp³-hybridized carbons (Fsp3) is 0.0588. The molecule has 0 aliphatic carbocycles. The van der Waals surface area contributed by atoms with Gasteiger partial charge >= 0.3 is 0 Å². The molecule has 0 radical (unpaired) electrons. The average Bonchev–Trinajstić information content (AvgIpc) is 3.04. The lowest BCUT2D eigenvalue weighted by Crippen LogP contribution is -2.25. The maximum absolute atomic E-state index is 12.0. The van der Waals surface area contributed by atoms with Crippen molar-refractivity contribution in [1.29, 1.82) is 0 Å². The summed E-state index contributed by atoms with van der Waals surface area (Å²) in [7, 11) is 0. The highest BCUT2D eigenvalue weighted by Gasteiger charge is 2.11. The number of hydrogen-bond donors (Lipinski definition) is 2. The Morgan fingerprint density at radius 3 is 2.82 bits per heavy atom. The van der Waals surface area contributed by atoms with E-state index in [0.717, 1.165) is 5.56 Å². The van der Waals surface area contributed by atoms with Gasteiger partial charge in [0.25, 0.3) is 5.91 Å².